The molecular weight excluding hydrogens is 190 g/mol. The van der Waals surface area contributed by atoms with Crippen LogP contribution in [0.1, 0.15) is 40.5 Å². The fourth-order valence-electron chi connectivity index (χ4n) is 1.37. The Kier molecular flexibility index (Phi) is 6.32. The molecule has 0 aromatic rings. The molecule has 4 heteroatoms. The molecule has 15 heavy (non-hydrogen) atoms. The average Bonchev–Trinajstić information content (AvgIpc) is 2.27. The fourth-order valence-corrected chi connectivity index (χ4v) is 1.37. The maximum Gasteiger partial charge on any atom is 0.317 e. The first-order valence-electron chi connectivity index (χ1n) is 5.84. The van der Waals surface area contributed by atoms with E-state index in [-0.39, 0.29) is 11.6 Å². The molecule has 0 saturated carbocycles. The van der Waals surface area contributed by atoms with Crippen molar-refractivity contribution in [2.75, 3.05) is 19.6 Å². The van der Waals surface area contributed by atoms with E-state index in [2.05, 4.69) is 5.32 Å². The first-order chi connectivity index (χ1) is 7.02. The molecule has 0 unspecified atom stereocenters. The van der Waals surface area contributed by atoms with Gasteiger partial charge in [-0.25, -0.2) is 4.79 Å². The first-order valence-corrected chi connectivity index (χ1v) is 5.84. The van der Waals surface area contributed by atoms with Crippen molar-refractivity contribution in [1.29, 1.82) is 0 Å². The van der Waals surface area contributed by atoms with Crippen LogP contribution in [0.4, 0.5) is 4.79 Å². The lowest BCUT2D eigenvalue weighted by Gasteiger charge is -2.28. The minimum absolute atomic E-state index is 0.0169. The average molecular weight is 215 g/mol. The Morgan fingerprint density at radius 3 is 2.00 bits per heavy atom. The van der Waals surface area contributed by atoms with Gasteiger partial charge in [0.25, 0.3) is 0 Å². The van der Waals surface area contributed by atoms with E-state index >= 15 is 0 Å². The number of nitrogens with zero attached hydrogens (tertiary/aromatic N) is 1. The zero-order valence-corrected chi connectivity index (χ0v) is 10.5. The standard InChI is InChI=1S/C11H25N3O/c1-5-11(12,6-2)9-13-10(15)14(7-3)8-4/h5-9,12H2,1-4H3,(H,13,15). The van der Waals surface area contributed by atoms with Crippen molar-refractivity contribution in [3.05, 3.63) is 0 Å². The molecule has 90 valence electrons. The Balaban J connectivity index is 4.08. The van der Waals surface area contributed by atoms with E-state index in [9.17, 15) is 4.79 Å². The third-order valence-corrected chi connectivity index (χ3v) is 3.05. The molecule has 4 nitrogen and oxygen atoms in total. The molecule has 0 atom stereocenters. The second kappa shape index (κ2) is 6.67. The highest BCUT2D eigenvalue weighted by Crippen LogP contribution is 2.09. The number of hydrogen-bond donors (Lipinski definition) is 2. The van der Waals surface area contributed by atoms with Gasteiger partial charge in [0.1, 0.15) is 0 Å². The monoisotopic (exact) mass is 215 g/mol. The molecule has 0 heterocycles. The van der Waals surface area contributed by atoms with Gasteiger partial charge in [0.05, 0.1) is 0 Å². The topological polar surface area (TPSA) is 58.4 Å². The van der Waals surface area contributed by atoms with E-state index in [4.69, 9.17) is 5.73 Å². The Bertz CT molecular complexity index is 186. The number of amides is 2. The van der Waals surface area contributed by atoms with Crippen LogP contribution >= 0.6 is 0 Å². The summed E-state index contributed by atoms with van der Waals surface area (Å²) >= 11 is 0. The SMILES string of the molecule is CCN(CC)C(=O)NCC(N)(CC)CC. The number of urea groups is 1. The van der Waals surface area contributed by atoms with Gasteiger partial charge in [0.15, 0.2) is 0 Å². The lowest BCUT2D eigenvalue weighted by molar-refractivity contribution is 0.199. The minimum Gasteiger partial charge on any atom is -0.336 e. The second-order valence-corrected chi connectivity index (χ2v) is 3.90. The summed E-state index contributed by atoms with van der Waals surface area (Å²) in [6.45, 7) is 10.1. The van der Waals surface area contributed by atoms with Gasteiger partial charge in [0.2, 0.25) is 0 Å². The molecule has 0 aliphatic carbocycles. The van der Waals surface area contributed by atoms with E-state index in [1.807, 2.05) is 27.7 Å². The number of carbonyl (C=O) groups is 1. The predicted octanol–water partition coefficient (Wildman–Crippen LogP) is 1.56. The molecule has 0 bridgehead atoms. The summed E-state index contributed by atoms with van der Waals surface area (Å²) in [5.41, 5.74) is 5.83. The normalized spacial score (nSPS) is 11.3. The van der Waals surface area contributed by atoms with E-state index in [1.165, 1.54) is 0 Å². The Labute approximate surface area is 93.2 Å². The summed E-state index contributed by atoms with van der Waals surface area (Å²) in [6.07, 6.45) is 1.75. The quantitative estimate of drug-likeness (QED) is 0.706. The van der Waals surface area contributed by atoms with Crippen LogP contribution in [0.2, 0.25) is 0 Å². The summed E-state index contributed by atoms with van der Waals surface area (Å²) in [5, 5.41) is 2.89. The Hall–Kier alpha value is -0.770. The lowest BCUT2D eigenvalue weighted by Crippen LogP contribution is -2.52. The summed E-state index contributed by atoms with van der Waals surface area (Å²) in [6, 6.07) is -0.0169. The number of rotatable bonds is 6. The van der Waals surface area contributed by atoms with Gasteiger partial charge in [-0.3, -0.25) is 0 Å². The maximum atomic E-state index is 11.6. The molecule has 0 aromatic heterocycles. The summed E-state index contributed by atoms with van der Waals surface area (Å²) < 4.78 is 0. The zero-order valence-electron chi connectivity index (χ0n) is 10.5. The van der Waals surface area contributed by atoms with Crippen LogP contribution in [0.5, 0.6) is 0 Å². The van der Waals surface area contributed by atoms with Crippen LogP contribution in [0.25, 0.3) is 0 Å². The first kappa shape index (κ1) is 14.2. The zero-order chi connectivity index (χ0) is 11.9. The lowest BCUT2D eigenvalue weighted by atomic mass is 9.94. The van der Waals surface area contributed by atoms with Gasteiger partial charge < -0.3 is 16.0 Å². The largest absolute Gasteiger partial charge is 0.336 e. The van der Waals surface area contributed by atoms with Crippen molar-refractivity contribution in [3.8, 4) is 0 Å². The minimum atomic E-state index is -0.261. The molecule has 0 spiro atoms. The van der Waals surface area contributed by atoms with Crippen molar-refractivity contribution < 1.29 is 4.79 Å². The molecule has 2 amide bonds. The number of nitrogens with two attached hydrogens (primary N) is 1. The third kappa shape index (κ3) is 4.51. The summed E-state index contributed by atoms with van der Waals surface area (Å²) in [4.78, 5) is 13.4. The molecular formula is C11H25N3O. The van der Waals surface area contributed by atoms with Crippen LogP contribution < -0.4 is 11.1 Å². The molecule has 0 aliphatic heterocycles. The van der Waals surface area contributed by atoms with Crippen LogP contribution in [-0.4, -0.2) is 36.1 Å². The highest BCUT2D eigenvalue weighted by molar-refractivity contribution is 5.74. The van der Waals surface area contributed by atoms with Crippen molar-refractivity contribution in [2.24, 2.45) is 5.73 Å². The molecule has 3 N–H and O–H groups in total. The van der Waals surface area contributed by atoms with Gasteiger partial charge in [0, 0.05) is 25.2 Å². The molecule has 0 fully saturated rings. The van der Waals surface area contributed by atoms with Crippen LogP contribution in [0, 0.1) is 0 Å². The Morgan fingerprint density at radius 2 is 1.67 bits per heavy atom. The highest BCUT2D eigenvalue weighted by Gasteiger charge is 2.21. The van der Waals surface area contributed by atoms with E-state index in [1.54, 1.807) is 4.90 Å². The summed E-state index contributed by atoms with van der Waals surface area (Å²) in [5.74, 6) is 0. The van der Waals surface area contributed by atoms with E-state index in [0.717, 1.165) is 25.9 Å². The van der Waals surface area contributed by atoms with E-state index < -0.39 is 0 Å². The van der Waals surface area contributed by atoms with Crippen molar-refractivity contribution in [3.63, 3.8) is 0 Å². The van der Waals surface area contributed by atoms with Gasteiger partial charge >= 0.3 is 6.03 Å². The smallest absolute Gasteiger partial charge is 0.317 e. The maximum absolute atomic E-state index is 11.6. The van der Waals surface area contributed by atoms with Crippen LogP contribution in [-0.2, 0) is 0 Å². The number of carbonyl (C=O) groups excluding carboxylic acids is 1. The molecule has 0 radical (unpaired) electrons. The van der Waals surface area contributed by atoms with Gasteiger partial charge in [-0.05, 0) is 26.7 Å². The molecule has 0 saturated heterocycles. The van der Waals surface area contributed by atoms with Crippen LogP contribution in [0.3, 0.4) is 0 Å². The molecule has 0 aromatic carbocycles. The van der Waals surface area contributed by atoms with Gasteiger partial charge in [-0.15, -0.1) is 0 Å². The summed E-state index contributed by atoms with van der Waals surface area (Å²) in [7, 11) is 0. The highest BCUT2D eigenvalue weighted by atomic mass is 16.2. The second-order valence-electron chi connectivity index (χ2n) is 3.90. The van der Waals surface area contributed by atoms with Crippen molar-refractivity contribution >= 4 is 6.03 Å². The van der Waals surface area contributed by atoms with E-state index in [0.29, 0.717) is 6.54 Å². The molecule has 0 rings (SSSR count). The number of nitrogens with one attached hydrogen (secondary N) is 1. The Morgan fingerprint density at radius 1 is 1.20 bits per heavy atom. The fraction of sp³-hybridized carbons (Fsp3) is 0.909. The van der Waals surface area contributed by atoms with Gasteiger partial charge in [-0.2, -0.15) is 0 Å². The van der Waals surface area contributed by atoms with Gasteiger partial charge in [-0.1, -0.05) is 13.8 Å². The third-order valence-electron chi connectivity index (χ3n) is 3.05. The van der Waals surface area contributed by atoms with Crippen LogP contribution in [0.15, 0.2) is 0 Å². The predicted molar refractivity (Wildman–Crippen MR) is 63.8 cm³/mol. The number of hydrogen-bond acceptors (Lipinski definition) is 2. The molecule has 0 aliphatic rings. The van der Waals surface area contributed by atoms with Crippen molar-refractivity contribution in [1.82, 2.24) is 10.2 Å². The van der Waals surface area contributed by atoms with Crippen molar-refractivity contribution in [2.45, 2.75) is 46.1 Å².